The summed E-state index contributed by atoms with van der Waals surface area (Å²) in [7, 11) is 0. The summed E-state index contributed by atoms with van der Waals surface area (Å²) >= 11 is 0. The number of rotatable bonds is 2. The Labute approximate surface area is 102 Å². The van der Waals surface area contributed by atoms with Crippen LogP contribution in [0, 0.1) is 11.6 Å². The van der Waals surface area contributed by atoms with Crippen LogP contribution in [0.3, 0.4) is 0 Å². The average molecular weight is 238 g/mol. The molecule has 1 aliphatic rings. The summed E-state index contributed by atoms with van der Waals surface area (Å²) in [6.45, 7) is 5.95. The van der Waals surface area contributed by atoms with Crippen LogP contribution in [-0.4, -0.2) is 0 Å². The summed E-state index contributed by atoms with van der Waals surface area (Å²) in [5, 5.41) is 0. The SMILES string of the molecule is CC.CCC(=C1CCC1)c1c(F)cccc1F. The molecule has 0 radical (unpaired) electrons. The van der Waals surface area contributed by atoms with Crippen LogP contribution in [-0.2, 0) is 0 Å². The molecule has 1 fully saturated rings. The van der Waals surface area contributed by atoms with Gasteiger partial charge in [-0.1, -0.05) is 32.4 Å². The molecule has 0 amide bonds. The van der Waals surface area contributed by atoms with E-state index in [9.17, 15) is 8.78 Å². The molecule has 1 aromatic rings. The maximum Gasteiger partial charge on any atom is 0.133 e. The van der Waals surface area contributed by atoms with Gasteiger partial charge in [-0.15, -0.1) is 0 Å². The molecular formula is C15H20F2. The maximum absolute atomic E-state index is 13.5. The van der Waals surface area contributed by atoms with Gasteiger partial charge in [-0.05, 0) is 43.4 Å². The van der Waals surface area contributed by atoms with E-state index in [2.05, 4.69) is 0 Å². The zero-order valence-electron chi connectivity index (χ0n) is 10.8. The molecule has 2 heteroatoms. The Bertz CT molecular complexity index is 379. The highest BCUT2D eigenvalue weighted by atomic mass is 19.1. The highest BCUT2D eigenvalue weighted by molar-refractivity contribution is 5.70. The first-order chi connectivity index (χ1) is 8.24. The lowest BCUT2D eigenvalue weighted by Gasteiger charge is -2.22. The van der Waals surface area contributed by atoms with E-state index < -0.39 is 11.6 Å². The van der Waals surface area contributed by atoms with Crippen molar-refractivity contribution in [3.05, 3.63) is 41.0 Å². The molecule has 0 unspecified atom stereocenters. The van der Waals surface area contributed by atoms with Crippen molar-refractivity contribution < 1.29 is 8.78 Å². The van der Waals surface area contributed by atoms with Gasteiger partial charge in [0.05, 0.1) is 0 Å². The first-order valence-corrected chi connectivity index (χ1v) is 6.39. The maximum atomic E-state index is 13.5. The normalized spacial score (nSPS) is 13.6. The largest absolute Gasteiger partial charge is 0.206 e. The Morgan fingerprint density at radius 2 is 1.65 bits per heavy atom. The van der Waals surface area contributed by atoms with E-state index in [1.807, 2.05) is 20.8 Å². The third-order valence-corrected chi connectivity index (χ3v) is 3.00. The van der Waals surface area contributed by atoms with Crippen LogP contribution in [0.25, 0.3) is 5.57 Å². The molecule has 0 aromatic heterocycles. The number of benzene rings is 1. The molecule has 0 heterocycles. The second kappa shape index (κ2) is 6.53. The summed E-state index contributed by atoms with van der Waals surface area (Å²) in [6, 6.07) is 4.06. The molecule has 0 bridgehead atoms. The van der Waals surface area contributed by atoms with E-state index in [0.29, 0.717) is 6.42 Å². The van der Waals surface area contributed by atoms with Gasteiger partial charge in [0.1, 0.15) is 11.6 Å². The monoisotopic (exact) mass is 238 g/mol. The molecule has 0 N–H and O–H groups in total. The second-order valence-corrected chi connectivity index (χ2v) is 3.89. The summed E-state index contributed by atoms with van der Waals surface area (Å²) in [6.07, 6.45) is 3.84. The molecule has 0 atom stereocenters. The summed E-state index contributed by atoms with van der Waals surface area (Å²) in [4.78, 5) is 0. The number of hydrogen-bond donors (Lipinski definition) is 0. The minimum Gasteiger partial charge on any atom is -0.206 e. The van der Waals surface area contributed by atoms with Crippen molar-refractivity contribution in [1.29, 1.82) is 0 Å². The van der Waals surface area contributed by atoms with Crippen molar-refractivity contribution in [2.24, 2.45) is 0 Å². The molecule has 0 nitrogen and oxygen atoms in total. The summed E-state index contributed by atoms with van der Waals surface area (Å²) < 4.78 is 27.1. The van der Waals surface area contributed by atoms with E-state index >= 15 is 0 Å². The van der Waals surface area contributed by atoms with Gasteiger partial charge in [0, 0.05) is 5.56 Å². The Morgan fingerprint density at radius 1 is 1.12 bits per heavy atom. The highest BCUT2D eigenvalue weighted by Gasteiger charge is 2.19. The van der Waals surface area contributed by atoms with Gasteiger partial charge >= 0.3 is 0 Å². The van der Waals surface area contributed by atoms with E-state index in [1.165, 1.54) is 23.8 Å². The minimum atomic E-state index is -0.439. The van der Waals surface area contributed by atoms with Gasteiger partial charge in [-0.3, -0.25) is 0 Å². The van der Waals surface area contributed by atoms with Crippen LogP contribution in [0.2, 0.25) is 0 Å². The van der Waals surface area contributed by atoms with Crippen LogP contribution in [0.1, 0.15) is 52.0 Å². The van der Waals surface area contributed by atoms with Crippen LogP contribution < -0.4 is 0 Å². The summed E-state index contributed by atoms with van der Waals surface area (Å²) in [5.41, 5.74) is 2.29. The van der Waals surface area contributed by atoms with Crippen molar-refractivity contribution >= 4 is 5.57 Å². The molecule has 0 spiro atoms. The Morgan fingerprint density at radius 3 is 2.00 bits per heavy atom. The van der Waals surface area contributed by atoms with Gasteiger partial charge in [0.2, 0.25) is 0 Å². The van der Waals surface area contributed by atoms with E-state index in [0.717, 1.165) is 24.8 Å². The van der Waals surface area contributed by atoms with Gasteiger partial charge in [-0.25, -0.2) is 8.78 Å². The van der Waals surface area contributed by atoms with Gasteiger partial charge in [0.25, 0.3) is 0 Å². The van der Waals surface area contributed by atoms with E-state index in [1.54, 1.807) is 0 Å². The fourth-order valence-electron chi connectivity index (χ4n) is 2.04. The third-order valence-electron chi connectivity index (χ3n) is 3.00. The lowest BCUT2D eigenvalue weighted by atomic mass is 9.84. The molecule has 94 valence electrons. The fraction of sp³-hybridized carbons (Fsp3) is 0.467. The first-order valence-electron chi connectivity index (χ1n) is 6.39. The van der Waals surface area contributed by atoms with Crippen molar-refractivity contribution in [3.8, 4) is 0 Å². The predicted octanol–water partition coefficient (Wildman–Crippen LogP) is 5.34. The van der Waals surface area contributed by atoms with Crippen molar-refractivity contribution in [1.82, 2.24) is 0 Å². The molecule has 2 rings (SSSR count). The Kier molecular flexibility index (Phi) is 5.33. The number of halogens is 2. The van der Waals surface area contributed by atoms with Crippen LogP contribution in [0.5, 0.6) is 0 Å². The molecule has 0 aliphatic heterocycles. The van der Waals surface area contributed by atoms with Gasteiger partial charge < -0.3 is 0 Å². The smallest absolute Gasteiger partial charge is 0.133 e. The van der Waals surface area contributed by atoms with Crippen LogP contribution >= 0.6 is 0 Å². The number of hydrogen-bond acceptors (Lipinski definition) is 0. The van der Waals surface area contributed by atoms with Gasteiger partial charge in [0.15, 0.2) is 0 Å². The lowest BCUT2D eigenvalue weighted by Crippen LogP contribution is -2.04. The number of allylic oxidation sites excluding steroid dienone is 2. The van der Waals surface area contributed by atoms with Crippen molar-refractivity contribution in [2.45, 2.75) is 46.5 Å². The summed E-state index contributed by atoms with van der Waals surface area (Å²) in [5.74, 6) is -0.877. The quantitative estimate of drug-likeness (QED) is 0.652. The molecular weight excluding hydrogens is 218 g/mol. The van der Waals surface area contributed by atoms with E-state index in [4.69, 9.17) is 0 Å². The Balaban J connectivity index is 0.000000686. The zero-order valence-corrected chi connectivity index (χ0v) is 10.8. The van der Waals surface area contributed by atoms with E-state index in [-0.39, 0.29) is 5.56 Å². The van der Waals surface area contributed by atoms with Crippen LogP contribution in [0.4, 0.5) is 8.78 Å². The highest BCUT2D eigenvalue weighted by Crippen LogP contribution is 2.36. The van der Waals surface area contributed by atoms with Crippen molar-refractivity contribution in [3.63, 3.8) is 0 Å². The minimum absolute atomic E-state index is 0.190. The van der Waals surface area contributed by atoms with Crippen LogP contribution in [0.15, 0.2) is 23.8 Å². The fourth-order valence-corrected chi connectivity index (χ4v) is 2.04. The average Bonchev–Trinajstić information content (AvgIpc) is 2.27. The molecule has 1 saturated carbocycles. The van der Waals surface area contributed by atoms with Gasteiger partial charge in [-0.2, -0.15) is 0 Å². The third kappa shape index (κ3) is 2.93. The van der Waals surface area contributed by atoms with Crippen molar-refractivity contribution in [2.75, 3.05) is 0 Å². The standard InChI is InChI=1S/C13H14F2.C2H6/c1-2-10(9-5-3-6-9)13-11(14)7-4-8-12(13)15;1-2/h4,7-8H,2-3,5-6H2,1H3;1-2H3. The predicted molar refractivity (Wildman–Crippen MR) is 68.8 cm³/mol. The molecule has 0 saturated heterocycles. The topological polar surface area (TPSA) is 0 Å². The Hall–Kier alpha value is -1.18. The second-order valence-electron chi connectivity index (χ2n) is 3.89. The molecule has 17 heavy (non-hydrogen) atoms. The molecule has 1 aliphatic carbocycles. The lowest BCUT2D eigenvalue weighted by molar-refractivity contribution is 0.572. The first kappa shape index (κ1) is 13.9. The molecule has 1 aromatic carbocycles. The zero-order chi connectivity index (χ0) is 12.8.